The van der Waals surface area contributed by atoms with E-state index in [4.69, 9.17) is 0 Å². The number of unbranched alkanes of at least 4 members (excludes halogenated alkanes) is 1. The quantitative estimate of drug-likeness (QED) is 0.565. The van der Waals surface area contributed by atoms with Crippen molar-refractivity contribution < 1.29 is 0 Å². The van der Waals surface area contributed by atoms with Crippen LogP contribution in [0.3, 0.4) is 0 Å². The number of pyridine rings is 1. The average molecular weight is 247 g/mol. The second-order valence-electron chi connectivity index (χ2n) is 4.89. The van der Waals surface area contributed by atoms with Gasteiger partial charge < -0.3 is 10.2 Å². The SMILES string of the molecule is C=CCCCN(C)c1ccncc1CNC(C)C. The molecule has 1 aromatic heterocycles. The second kappa shape index (κ2) is 7.88. The minimum absolute atomic E-state index is 0.490. The molecule has 0 aromatic carbocycles. The lowest BCUT2D eigenvalue weighted by molar-refractivity contribution is 0.587. The fraction of sp³-hybridized carbons (Fsp3) is 0.533. The summed E-state index contributed by atoms with van der Waals surface area (Å²) in [6.45, 7) is 9.99. The standard InChI is InChI=1S/C15H25N3/c1-5-6-7-10-18(4)15-8-9-16-11-14(15)12-17-13(2)3/h5,8-9,11,13,17H,1,6-7,10,12H2,2-4H3. The molecule has 1 heterocycles. The van der Waals surface area contributed by atoms with Gasteiger partial charge in [0.15, 0.2) is 0 Å². The zero-order valence-electron chi connectivity index (χ0n) is 11.8. The highest BCUT2D eigenvalue weighted by Crippen LogP contribution is 2.18. The lowest BCUT2D eigenvalue weighted by Crippen LogP contribution is -2.25. The van der Waals surface area contributed by atoms with E-state index in [0.29, 0.717) is 6.04 Å². The number of allylic oxidation sites excluding steroid dienone is 1. The summed E-state index contributed by atoms with van der Waals surface area (Å²) >= 11 is 0. The van der Waals surface area contributed by atoms with Gasteiger partial charge in [-0.25, -0.2) is 0 Å². The van der Waals surface area contributed by atoms with Crippen LogP contribution in [0.2, 0.25) is 0 Å². The molecule has 0 saturated carbocycles. The summed E-state index contributed by atoms with van der Waals surface area (Å²) in [5.74, 6) is 0. The van der Waals surface area contributed by atoms with E-state index in [1.807, 2.05) is 18.5 Å². The first-order valence-electron chi connectivity index (χ1n) is 6.63. The van der Waals surface area contributed by atoms with Crippen molar-refractivity contribution in [3.05, 3.63) is 36.7 Å². The molecule has 0 radical (unpaired) electrons. The third-order valence-corrected chi connectivity index (χ3v) is 2.89. The molecule has 0 unspecified atom stereocenters. The molecule has 0 spiro atoms. The predicted molar refractivity (Wildman–Crippen MR) is 78.9 cm³/mol. The predicted octanol–water partition coefficient (Wildman–Crippen LogP) is 2.98. The molecule has 0 atom stereocenters. The summed E-state index contributed by atoms with van der Waals surface area (Å²) in [5, 5.41) is 3.44. The molecule has 0 amide bonds. The number of nitrogens with one attached hydrogen (secondary N) is 1. The van der Waals surface area contributed by atoms with E-state index in [1.54, 1.807) is 0 Å². The Morgan fingerprint density at radius 3 is 2.94 bits per heavy atom. The maximum absolute atomic E-state index is 4.22. The van der Waals surface area contributed by atoms with Gasteiger partial charge in [-0.3, -0.25) is 4.98 Å². The van der Waals surface area contributed by atoms with Crippen LogP contribution in [-0.2, 0) is 6.54 Å². The Morgan fingerprint density at radius 2 is 2.28 bits per heavy atom. The average Bonchev–Trinajstić information content (AvgIpc) is 2.37. The van der Waals surface area contributed by atoms with Crippen molar-refractivity contribution in [3.63, 3.8) is 0 Å². The van der Waals surface area contributed by atoms with E-state index < -0.39 is 0 Å². The van der Waals surface area contributed by atoms with Crippen molar-refractivity contribution in [2.45, 2.75) is 39.3 Å². The number of hydrogen-bond acceptors (Lipinski definition) is 3. The summed E-state index contributed by atoms with van der Waals surface area (Å²) in [7, 11) is 2.14. The van der Waals surface area contributed by atoms with Crippen molar-refractivity contribution in [2.75, 3.05) is 18.5 Å². The first kappa shape index (κ1) is 14.7. The monoisotopic (exact) mass is 247 g/mol. The summed E-state index contributed by atoms with van der Waals surface area (Å²) < 4.78 is 0. The fourth-order valence-electron chi connectivity index (χ4n) is 1.84. The van der Waals surface area contributed by atoms with Crippen LogP contribution in [0.5, 0.6) is 0 Å². The third kappa shape index (κ3) is 4.88. The van der Waals surface area contributed by atoms with Gasteiger partial charge in [0.1, 0.15) is 0 Å². The Bertz CT molecular complexity index is 361. The molecule has 0 bridgehead atoms. The summed E-state index contributed by atoms with van der Waals surface area (Å²) in [6.07, 6.45) is 7.99. The van der Waals surface area contributed by atoms with Crippen LogP contribution in [0.25, 0.3) is 0 Å². The third-order valence-electron chi connectivity index (χ3n) is 2.89. The molecule has 0 aliphatic carbocycles. The molecule has 0 aliphatic rings. The van der Waals surface area contributed by atoms with Gasteiger partial charge in [-0.15, -0.1) is 6.58 Å². The number of hydrogen-bond donors (Lipinski definition) is 1. The highest BCUT2D eigenvalue weighted by Gasteiger charge is 2.07. The van der Waals surface area contributed by atoms with Gasteiger partial charge in [-0.1, -0.05) is 19.9 Å². The van der Waals surface area contributed by atoms with Crippen molar-refractivity contribution in [1.82, 2.24) is 10.3 Å². The van der Waals surface area contributed by atoms with Gasteiger partial charge in [0.05, 0.1) is 0 Å². The van der Waals surface area contributed by atoms with Crippen LogP contribution in [0.1, 0.15) is 32.3 Å². The molecule has 3 nitrogen and oxygen atoms in total. The molecular formula is C15H25N3. The van der Waals surface area contributed by atoms with Crippen molar-refractivity contribution in [1.29, 1.82) is 0 Å². The Morgan fingerprint density at radius 1 is 1.50 bits per heavy atom. The van der Waals surface area contributed by atoms with Gasteiger partial charge in [0, 0.05) is 49.8 Å². The molecule has 3 heteroatoms. The highest BCUT2D eigenvalue weighted by atomic mass is 15.1. The summed E-state index contributed by atoms with van der Waals surface area (Å²) in [6, 6.07) is 2.58. The maximum atomic E-state index is 4.22. The van der Waals surface area contributed by atoms with E-state index in [9.17, 15) is 0 Å². The Labute approximate surface area is 111 Å². The van der Waals surface area contributed by atoms with Crippen molar-refractivity contribution in [2.24, 2.45) is 0 Å². The Balaban J connectivity index is 2.64. The molecule has 1 N–H and O–H groups in total. The summed E-state index contributed by atoms with van der Waals surface area (Å²) in [5.41, 5.74) is 2.52. The van der Waals surface area contributed by atoms with Gasteiger partial charge >= 0.3 is 0 Å². The first-order chi connectivity index (χ1) is 8.65. The lowest BCUT2D eigenvalue weighted by Gasteiger charge is -2.22. The van der Waals surface area contributed by atoms with E-state index in [2.05, 4.69) is 48.7 Å². The van der Waals surface area contributed by atoms with Crippen LogP contribution in [0, 0.1) is 0 Å². The Hall–Kier alpha value is -1.35. The van der Waals surface area contributed by atoms with Crippen LogP contribution in [0.4, 0.5) is 5.69 Å². The first-order valence-corrected chi connectivity index (χ1v) is 6.63. The number of aromatic nitrogens is 1. The molecule has 0 aliphatic heterocycles. The molecule has 1 aromatic rings. The summed E-state index contributed by atoms with van der Waals surface area (Å²) in [4.78, 5) is 6.51. The van der Waals surface area contributed by atoms with Crippen LogP contribution in [0.15, 0.2) is 31.1 Å². The van der Waals surface area contributed by atoms with Crippen LogP contribution in [-0.4, -0.2) is 24.6 Å². The van der Waals surface area contributed by atoms with Gasteiger partial charge in [0.25, 0.3) is 0 Å². The molecule has 0 saturated heterocycles. The van der Waals surface area contributed by atoms with E-state index in [-0.39, 0.29) is 0 Å². The van der Waals surface area contributed by atoms with Gasteiger partial charge in [0.2, 0.25) is 0 Å². The molecular weight excluding hydrogens is 222 g/mol. The number of nitrogens with zero attached hydrogens (tertiary/aromatic N) is 2. The van der Waals surface area contributed by atoms with Gasteiger partial charge in [-0.2, -0.15) is 0 Å². The number of anilines is 1. The van der Waals surface area contributed by atoms with E-state index >= 15 is 0 Å². The Kier molecular flexibility index (Phi) is 6.44. The van der Waals surface area contributed by atoms with Crippen molar-refractivity contribution in [3.8, 4) is 0 Å². The van der Waals surface area contributed by atoms with E-state index in [0.717, 1.165) is 25.9 Å². The molecule has 0 fully saturated rings. The zero-order chi connectivity index (χ0) is 13.4. The van der Waals surface area contributed by atoms with E-state index in [1.165, 1.54) is 11.3 Å². The largest absolute Gasteiger partial charge is 0.374 e. The zero-order valence-corrected chi connectivity index (χ0v) is 11.8. The minimum atomic E-state index is 0.490. The van der Waals surface area contributed by atoms with Gasteiger partial charge in [-0.05, 0) is 18.9 Å². The highest BCUT2D eigenvalue weighted by molar-refractivity contribution is 5.51. The van der Waals surface area contributed by atoms with Crippen molar-refractivity contribution >= 4 is 5.69 Å². The molecule has 100 valence electrons. The topological polar surface area (TPSA) is 28.2 Å². The lowest BCUT2D eigenvalue weighted by atomic mass is 10.2. The number of rotatable bonds is 8. The maximum Gasteiger partial charge on any atom is 0.0440 e. The molecule has 1 rings (SSSR count). The van der Waals surface area contributed by atoms with Crippen LogP contribution >= 0.6 is 0 Å². The second-order valence-corrected chi connectivity index (χ2v) is 4.89. The van der Waals surface area contributed by atoms with Crippen LogP contribution < -0.4 is 10.2 Å². The fourth-order valence-corrected chi connectivity index (χ4v) is 1.84. The molecule has 18 heavy (non-hydrogen) atoms. The smallest absolute Gasteiger partial charge is 0.0440 e. The normalized spacial score (nSPS) is 10.7. The minimum Gasteiger partial charge on any atom is -0.374 e.